The second-order valence-corrected chi connectivity index (χ2v) is 9.46. The van der Waals surface area contributed by atoms with Gasteiger partial charge < -0.3 is 0 Å². The molecule has 0 atom stereocenters. The Hall–Kier alpha value is -4.67. The van der Waals surface area contributed by atoms with E-state index >= 15 is 4.39 Å². The average molecular weight is 489 g/mol. The third-order valence-corrected chi connectivity index (χ3v) is 7.44. The molecule has 0 spiro atoms. The van der Waals surface area contributed by atoms with Crippen LogP contribution < -0.4 is 0 Å². The highest BCUT2D eigenvalue weighted by atomic mass is 32.1. The van der Waals surface area contributed by atoms with Gasteiger partial charge in [0.2, 0.25) is 0 Å². The standard InChI is InChI=1S/C29H14F2N4S/c30-21-13-12-18(25(31)20(21)15-32)16-6-5-7-17(14-16)26-28-27(19-8-1-2-9-22(19)33-26)34-29-35(28)23-10-3-4-11-24(23)36-29/h1-14H. The van der Waals surface area contributed by atoms with Gasteiger partial charge in [-0.15, -0.1) is 0 Å². The second kappa shape index (κ2) is 7.67. The fourth-order valence-corrected chi connectivity index (χ4v) is 5.81. The monoisotopic (exact) mass is 488 g/mol. The molecule has 0 aliphatic rings. The molecular formula is C29H14F2N4S. The smallest absolute Gasteiger partial charge is 0.195 e. The molecule has 3 heterocycles. The van der Waals surface area contributed by atoms with E-state index in [4.69, 9.17) is 9.97 Å². The van der Waals surface area contributed by atoms with Crippen LogP contribution in [-0.2, 0) is 0 Å². The fourth-order valence-electron chi connectivity index (χ4n) is 4.78. The number of nitriles is 1. The number of thiazole rings is 1. The molecule has 7 rings (SSSR count). The van der Waals surface area contributed by atoms with E-state index in [1.165, 1.54) is 6.07 Å². The van der Waals surface area contributed by atoms with Crippen molar-refractivity contribution in [3.63, 3.8) is 0 Å². The molecule has 0 unspecified atom stereocenters. The van der Waals surface area contributed by atoms with Gasteiger partial charge in [0.25, 0.3) is 0 Å². The number of aromatic nitrogens is 3. The Morgan fingerprint density at radius 3 is 2.53 bits per heavy atom. The van der Waals surface area contributed by atoms with Crippen molar-refractivity contribution in [2.75, 3.05) is 0 Å². The number of pyridine rings is 1. The summed E-state index contributed by atoms with van der Waals surface area (Å²) < 4.78 is 32.2. The van der Waals surface area contributed by atoms with E-state index < -0.39 is 17.2 Å². The molecule has 170 valence electrons. The van der Waals surface area contributed by atoms with Crippen molar-refractivity contribution in [1.82, 2.24) is 14.4 Å². The highest BCUT2D eigenvalue weighted by Gasteiger charge is 2.20. The van der Waals surface area contributed by atoms with Crippen LogP contribution in [0.25, 0.3) is 59.5 Å². The number of nitrogens with zero attached hydrogens (tertiary/aromatic N) is 4. The minimum atomic E-state index is -0.876. The van der Waals surface area contributed by atoms with E-state index in [2.05, 4.69) is 16.5 Å². The summed E-state index contributed by atoms with van der Waals surface area (Å²) in [6, 6.07) is 27.4. The molecule has 0 aliphatic carbocycles. The normalized spacial score (nSPS) is 11.6. The summed E-state index contributed by atoms with van der Waals surface area (Å²) in [7, 11) is 0. The molecule has 7 heteroatoms. The topological polar surface area (TPSA) is 54.0 Å². The molecule has 0 radical (unpaired) electrons. The van der Waals surface area contributed by atoms with Crippen molar-refractivity contribution in [3.8, 4) is 28.5 Å². The van der Waals surface area contributed by atoms with Gasteiger partial charge in [-0.05, 0) is 42.0 Å². The van der Waals surface area contributed by atoms with Crippen molar-refractivity contribution in [2.24, 2.45) is 0 Å². The molecular weight excluding hydrogens is 474 g/mol. The molecule has 4 nitrogen and oxygen atoms in total. The van der Waals surface area contributed by atoms with Crippen LogP contribution in [0.3, 0.4) is 0 Å². The summed E-state index contributed by atoms with van der Waals surface area (Å²) in [4.78, 5) is 10.9. The van der Waals surface area contributed by atoms with Gasteiger partial charge in [0.15, 0.2) is 10.8 Å². The number of hydrogen-bond donors (Lipinski definition) is 0. The molecule has 0 amide bonds. The lowest BCUT2D eigenvalue weighted by Gasteiger charge is -2.10. The molecule has 0 N–H and O–H groups in total. The first kappa shape index (κ1) is 20.7. The predicted molar refractivity (Wildman–Crippen MR) is 139 cm³/mol. The number of hydrogen-bond acceptors (Lipinski definition) is 4. The van der Waals surface area contributed by atoms with Crippen LogP contribution in [0.4, 0.5) is 8.78 Å². The van der Waals surface area contributed by atoms with Crippen LogP contribution in [-0.4, -0.2) is 14.4 Å². The lowest BCUT2D eigenvalue weighted by Crippen LogP contribution is -1.95. The Morgan fingerprint density at radius 1 is 0.833 bits per heavy atom. The van der Waals surface area contributed by atoms with E-state index in [1.807, 2.05) is 54.6 Å². The zero-order chi connectivity index (χ0) is 24.4. The number of fused-ring (bicyclic) bond motifs is 7. The number of rotatable bonds is 2. The third kappa shape index (κ3) is 2.88. The zero-order valence-corrected chi connectivity index (χ0v) is 19.4. The summed E-state index contributed by atoms with van der Waals surface area (Å²) >= 11 is 1.62. The van der Waals surface area contributed by atoms with Crippen LogP contribution in [0, 0.1) is 23.0 Å². The van der Waals surface area contributed by atoms with Gasteiger partial charge in [-0.2, -0.15) is 5.26 Å². The summed E-state index contributed by atoms with van der Waals surface area (Å²) in [6.07, 6.45) is 0. The quantitative estimate of drug-likeness (QED) is 0.250. The van der Waals surface area contributed by atoms with Gasteiger partial charge >= 0.3 is 0 Å². The van der Waals surface area contributed by atoms with Crippen molar-refractivity contribution in [1.29, 1.82) is 5.26 Å². The van der Waals surface area contributed by atoms with Crippen LogP contribution in [0.5, 0.6) is 0 Å². The minimum Gasteiger partial charge on any atom is -0.281 e. The second-order valence-electron chi connectivity index (χ2n) is 8.45. The van der Waals surface area contributed by atoms with Gasteiger partial charge in [-0.3, -0.25) is 4.40 Å². The molecule has 4 aromatic carbocycles. The van der Waals surface area contributed by atoms with E-state index in [9.17, 15) is 9.65 Å². The van der Waals surface area contributed by atoms with Gasteiger partial charge in [0.05, 0.1) is 21.4 Å². The van der Waals surface area contributed by atoms with E-state index in [1.54, 1.807) is 23.5 Å². The fraction of sp³-hybridized carbons (Fsp3) is 0. The molecule has 7 aromatic rings. The van der Waals surface area contributed by atoms with Gasteiger partial charge in [-0.25, -0.2) is 18.7 Å². The highest BCUT2D eigenvalue weighted by molar-refractivity contribution is 7.23. The number of benzene rings is 4. The van der Waals surface area contributed by atoms with Crippen LogP contribution in [0.2, 0.25) is 0 Å². The van der Waals surface area contributed by atoms with Crippen molar-refractivity contribution in [2.45, 2.75) is 0 Å². The SMILES string of the molecule is N#Cc1c(F)ccc(-c2cccc(-c3nc4ccccc4c4nc5sc6ccccc6n5c34)c2)c1F. The number of imidazole rings is 1. The largest absolute Gasteiger partial charge is 0.281 e. The van der Waals surface area contributed by atoms with Crippen LogP contribution >= 0.6 is 11.3 Å². The molecule has 0 saturated carbocycles. The number of para-hydroxylation sites is 2. The highest BCUT2D eigenvalue weighted by Crippen LogP contribution is 2.38. The first-order valence-electron chi connectivity index (χ1n) is 11.2. The summed E-state index contributed by atoms with van der Waals surface area (Å²) in [5.74, 6) is -1.75. The maximum Gasteiger partial charge on any atom is 0.195 e. The van der Waals surface area contributed by atoms with Crippen LogP contribution in [0.15, 0.2) is 84.9 Å². The Labute approximate surface area is 207 Å². The molecule has 0 saturated heterocycles. The predicted octanol–water partition coefficient (Wildman–Crippen LogP) is 7.73. The van der Waals surface area contributed by atoms with Crippen LogP contribution in [0.1, 0.15) is 5.56 Å². The third-order valence-electron chi connectivity index (χ3n) is 6.42. The molecule has 0 aliphatic heterocycles. The Morgan fingerprint density at radius 2 is 1.64 bits per heavy atom. The summed E-state index contributed by atoms with van der Waals surface area (Å²) in [6.45, 7) is 0. The van der Waals surface area contributed by atoms with E-state index in [0.29, 0.717) is 11.3 Å². The summed E-state index contributed by atoms with van der Waals surface area (Å²) in [5.41, 5.74) is 5.14. The zero-order valence-electron chi connectivity index (χ0n) is 18.5. The number of halogens is 2. The van der Waals surface area contributed by atoms with Gasteiger partial charge in [0, 0.05) is 16.5 Å². The first-order chi connectivity index (χ1) is 17.6. The molecule has 36 heavy (non-hydrogen) atoms. The maximum absolute atomic E-state index is 15.0. The minimum absolute atomic E-state index is 0.159. The van der Waals surface area contributed by atoms with Gasteiger partial charge in [-0.1, -0.05) is 59.9 Å². The molecule has 0 fully saturated rings. The van der Waals surface area contributed by atoms with Gasteiger partial charge in [0.1, 0.15) is 28.5 Å². The van der Waals surface area contributed by atoms with Crippen molar-refractivity contribution in [3.05, 3.63) is 102 Å². The van der Waals surface area contributed by atoms with E-state index in [0.717, 1.165) is 48.7 Å². The Bertz CT molecular complexity index is 2040. The Balaban J connectivity index is 1.57. The van der Waals surface area contributed by atoms with E-state index in [-0.39, 0.29) is 5.56 Å². The average Bonchev–Trinajstić information content (AvgIpc) is 3.45. The van der Waals surface area contributed by atoms with Crippen molar-refractivity contribution >= 4 is 48.5 Å². The maximum atomic E-state index is 15.0. The Kier molecular flexibility index (Phi) is 4.41. The lowest BCUT2D eigenvalue weighted by atomic mass is 9.98. The molecule has 0 bridgehead atoms. The lowest BCUT2D eigenvalue weighted by molar-refractivity contribution is 0.579. The molecule has 3 aromatic heterocycles. The van der Waals surface area contributed by atoms with Crippen molar-refractivity contribution < 1.29 is 8.78 Å². The first-order valence-corrected chi connectivity index (χ1v) is 12.0. The summed E-state index contributed by atoms with van der Waals surface area (Å²) in [5, 5.41) is 10.2.